The van der Waals surface area contributed by atoms with Crippen LogP contribution in [-0.4, -0.2) is 0 Å². The molecule has 0 nitrogen and oxygen atoms in total. The Labute approximate surface area is 130 Å². The van der Waals surface area contributed by atoms with Gasteiger partial charge in [-0.3, -0.25) is 0 Å². The van der Waals surface area contributed by atoms with Crippen molar-refractivity contribution in [3.63, 3.8) is 0 Å². The van der Waals surface area contributed by atoms with Gasteiger partial charge in [0.1, 0.15) is 0 Å². The highest BCUT2D eigenvalue weighted by molar-refractivity contribution is 5.97. The summed E-state index contributed by atoms with van der Waals surface area (Å²) in [5.41, 5.74) is -0.468. The fourth-order valence-corrected chi connectivity index (χ4v) is 1.77. The van der Waals surface area contributed by atoms with Gasteiger partial charge in [0, 0.05) is 0 Å². The van der Waals surface area contributed by atoms with E-state index in [1.807, 2.05) is 0 Å². The molecule has 3 rings (SSSR count). The van der Waals surface area contributed by atoms with E-state index in [9.17, 15) is 0 Å². The fraction of sp³-hybridized carbons (Fsp3) is 0.158. The third kappa shape index (κ3) is 2.26. The SMILES string of the molecule is [2H]c1c([2H])c([2H])c(-c2c([2H])c([2H])c([2H])c3c([2H])c(C(C)C)c([2H])c([2H])c23)c([2H])c1[2H]. The molecule has 0 radical (unpaired) electrons. The minimum absolute atomic E-state index is 0.137. The summed E-state index contributed by atoms with van der Waals surface area (Å²) >= 11 is 0. The Morgan fingerprint density at radius 3 is 2.37 bits per heavy atom. The molecule has 0 bridgehead atoms. The lowest BCUT2D eigenvalue weighted by molar-refractivity contribution is 0.869. The summed E-state index contributed by atoms with van der Waals surface area (Å²) in [5, 5.41) is -0.332. The zero-order chi connectivity index (χ0) is 22.8. The van der Waals surface area contributed by atoms with E-state index < -0.39 is 54.4 Å². The summed E-state index contributed by atoms with van der Waals surface area (Å²) in [5.74, 6) is -0.313. The van der Waals surface area contributed by atoms with Crippen LogP contribution in [0.5, 0.6) is 0 Å². The minimum Gasteiger partial charge on any atom is -0.0622 e. The van der Waals surface area contributed by atoms with Gasteiger partial charge in [0.25, 0.3) is 0 Å². The van der Waals surface area contributed by atoms with Gasteiger partial charge in [-0.15, -0.1) is 0 Å². The van der Waals surface area contributed by atoms with Gasteiger partial charge in [-0.2, -0.15) is 0 Å². The van der Waals surface area contributed by atoms with Crippen molar-refractivity contribution in [3.05, 3.63) is 72.0 Å². The smallest absolute Gasteiger partial charge is 0.0622 e. The van der Waals surface area contributed by atoms with E-state index in [1.165, 1.54) is 0 Å². The van der Waals surface area contributed by atoms with Gasteiger partial charge >= 0.3 is 0 Å². The molecular formula is C19H18. The molecule has 3 aromatic rings. The molecule has 0 spiro atoms. The van der Waals surface area contributed by atoms with E-state index in [1.54, 1.807) is 13.8 Å². The maximum atomic E-state index is 8.53. The Hall–Kier alpha value is -2.08. The van der Waals surface area contributed by atoms with Crippen LogP contribution in [0.15, 0.2) is 66.5 Å². The Morgan fingerprint density at radius 1 is 0.842 bits per heavy atom. The largest absolute Gasteiger partial charge is 0.0632 e. The summed E-state index contributed by atoms with van der Waals surface area (Å²) in [6.07, 6.45) is 0. The van der Waals surface area contributed by atoms with Gasteiger partial charge in [0.05, 0.1) is 15.1 Å². The third-order valence-corrected chi connectivity index (χ3v) is 2.78. The van der Waals surface area contributed by atoms with E-state index in [-0.39, 0.29) is 45.5 Å². The van der Waals surface area contributed by atoms with Crippen LogP contribution < -0.4 is 0 Å². The van der Waals surface area contributed by atoms with E-state index in [0.29, 0.717) is 0 Å². The quantitative estimate of drug-likeness (QED) is 0.558. The predicted molar refractivity (Wildman–Crippen MR) is 83.5 cm³/mol. The molecule has 0 heterocycles. The van der Waals surface area contributed by atoms with Gasteiger partial charge in [-0.1, -0.05) is 80.3 Å². The first kappa shape index (κ1) is 4.79. The van der Waals surface area contributed by atoms with E-state index in [0.717, 1.165) is 0 Å². The van der Waals surface area contributed by atoms with Gasteiger partial charge in [-0.25, -0.2) is 0 Å². The molecule has 0 aliphatic rings. The maximum Gasteiger partial charge on any atom is 0.0632 e. The van der Waals surface area contributed by atoms with Crippen LogP contribution in [-0.2, 0) is 0 Å². The van der Waals surface area contributed by atoms with Crippen LogP contribution in [0.3, 0.4) is 0 Å². The van der Waals surface area contributed by atoms with Gasteiger partial charge < -0.3 is 0 Å². The number of hydrogen-bond acceptors (Lipinski definition) is 0. The average Bonchev–Trinajstić information content (AvgIpc) is 2.68. The standard InChI is InChI=1S/C19H18/c1-14(2)16-11-12-19-17(13-16)9-6-10-18(19)15-7-4-3-5-8-15/h3-14H,1-2H3/i3D,4D,5D,6D,7D,8D,9D,10D,11D,12D,13D. The van der Waals surface area contributed by atoms with Gasteiger partial charge in [0.15, 0.2) is 0 Å². The van der Waals surface area contributed by atoms with Gasteiger partial charge in [-0.05, 0) is 33.4 Å². The molecule has 94 valence electrons. The molecule has 0 N–H and O–H groups in total. The second-order valence-corrected chi connectivity index (χ2v) is 4.44. The van der Waals surface area contributed by atoms with Crippen molar-refractivity contribution in [2.75, 3.05) is 0 Å². The summed E-state index contributed by atoms with van der Waals surface area (Å²) in [6.45, 7) is 3.47. The lowest BCUT2D eigenvalue weighted by atomic mass is 9.94. The van der Waals surface area contributed by atoms with Crippen molar-refractivity contribution in [1.82, 2.24) is 0 Å². The van der Waals surface area contributed by atoms with Crippen LogP contribution in [0.25, 0.3) is 21.9 Å². The molecule has 0 atom stereocenters. The lowest BCUT2D eigenvalue weighted by Gasteiger charge is -2.10. The molecule has 0 saturated heterocycles. The number of rotatable bonds is 2. The van der Waals surface area contributed by atoms with Crippen LogP contribution in [0.4, 0.5) is 0 Å². The first-order valence-corrected chi connectivity index (χ1v) is 5.94. The molecule has 0 saturated carbocycles. The van der Waals surface area contributed by atoms with Gasteiger partial charge in [0.2, 0.25) is 0 Å². The molecule has 0 aliphatic carbocycles. The predicted octanol–water partition coefficient (Wildman–Crippen LogP) is 5.63. The minimum atomic E-state index is -0.637. The second-order valence-electron chi connectivity index (χ2n) is 4.44. The Morgan fingerprint density at radius 2 is 1.63 bits per heavy atom. The van der Waals surface area contributed by atoms with Crippen LogP contribution >= 0.6 is 0 Å². The molecule has 0 unspecified atom stereocenters. The number of fused-ring (bicyclic) bond motifs is 1. The van der Waals surface area contributed by atoms with Crippen LogP contribution in [0, 0.1) is 0 Å². The zero-order valence-electron chi connectivity index (χ0n) is 21.6. The lowest BCUT2D eigenvalue weighted by Crippen LogP contribution is -1.88. The third-order valence-electron chi connectivity index (χ3n) is 2.78. The van der Waals surface area contributed by atoms with Crippen LogP contribution in [0.2, 0.25) is 0 Å². The first-order valence-electron chi connectivity index (χ1n) is 11.4. The Bertz CT molecular complexity index is 1200. The summed E-state index contributed by atoms with van der Waals surface area (Å²) in [4.78, 5) is 0. The van der Waals surface area contributed by atoms with Crippen molar-refractivity contribution in [3.8, 4) is 11.1 Å². The summed E-state index contributed by atoms with van der Waals surface area (Å²) in [6, 6.07) is -5.67. The fourth-order valence-electron chi connectivity index (χ4n) is 1.77. The molecule has 3 aromatic carbocycles. The van der Waals surface area contributed by atoms with E-state index in [2.05, 4.69) is 0 Å². The Balaban J connectivity index is 2.73. The molecular weight excluding hydrogens is 228 g/mol. The molecule has 0 fully saturated rings. The highest BCUT2D eigenvalue weighted by Crippen LogP contribution is 2.30. The monoisotopic (exact) mass is 257 g/mol. The van der Waals surface area contributed by atoms with Crippen molar-refractivity contribution < 1.29 is 15.1 Å². The molecule has 0 aliphatic heterocycles. The van der Waals surface area contributed by atoms with Crippen molar-refractivity contribution in [1.29, 1.82) is 0 Å². The van der Waals surface area contributed by atoms with E-state index in [4.69, 9.17) is 15.1 Å². The molecule has 0 amide bonds. The molecule has 19 heavy (non-hydrogen) atoms. The van der Waals surface area contributed by atoms with Crippen molar-refractivity contribution in [2.45, 2.75) is 19.8 Å². The molecule has 0 aromatic heterocycles. The van der Waals surface area contributed by atoms with E-state index >= 15 is 0 Å². The maximum absolute atomic E-state index is 8.53. The average molecular weight is 257 g/mol. The van der Waals surface area contributed by atoms with Crippen molar-refractivity contribution >= 4 is 10.8 Å². The first-order chi connectivity index (χ1) is 13.8. The van der Waals surface area contributed by atoms with Crippen LogP contribution in [0.1, 0.15) is 40.4 Å². The molecule has 0 heteroatoms. The number of benzene rings is 3. The summed E-state index contributed by atoms with van der Waals surface area (Å²) in [7, 11) is 0. The van der Waals surface area contributed by atoms with Crippen molar-refractivity contribution in [2.24, 2.45) is 0 Å². The Kier molecular flexibility index (Phi) is 1.23. The number of hydrogen-bond donors (Lipinski definition) is 0. The summed E-state index contributed by atoms with van der Waals surface area (Å²) < 4.78 is 90.3. The highest BCUT2D eigenvalue weighted by Gasteiger charge is 2.05. The highest BCUT2D eigenvalue weighted by atomic mass is 14.1. The zero-order valence-corrected chi connectivity index (χ0v) is 10.6. The second kappa shape index (κ2) is 4.89. The topological polar surface area (TPSA) is 0 Å². The normalized spacial score (nSPS) is 19.2.